The van der Waals surface area contributed by atoms with Gasteiger partial charge in [0.1, 0.15) is 5.01 Å². The highest BCUT2D eigenvalue weighted by Crippen LogP contribution is 2.43. The maximum atomic E-state index is 12.9. The van der Waals surface area contributed by atoms with Crippen LogP contribution in [0.5, 0.6) is 0 Å². The van der Waals surface area contributed by atoms with Crippen LogP contribution < -0.4 is 0 Å². The summed E-state index contributed by atoms with van der Waals surface area (Å²) >= 11 is 1.67. The van der Waals surface area contributed by atoms with Crippen LogP contribution in [0.2, 0.25) is 0 Å². The second kappa shape index (κ2) is 5.31. The van der Waals surface area contributed by atoms with Gasteiger partial charge in [0.15, 0.2) is 0 Å². The Hall–Kier alpha value is -1.02. The lowest BCUT2D eigenvalue weighted by Crippen LogP contribution is -2.47. The molecule has 0 aromatic carbocycles. The van der Waals surface area contributed by atoms with E-state index in [1.54, 1.807) is 16.4 Å². The average Bonchev–Trinajstić information content (AvgIpc) is 3.23. The van der Waals surface area contributed by atoms with E-state index in [1.807, 2.05) is 11.6 Å². The Kier molecular flexibility index (Phi) is 3.45. The summed E-state index contributed by atoms with van der Waals surface area (Å²) in [4.78, 5) is 25.0. The van der Waals surface area contributed by atoms with Crippen molar-refractivity contribution in [2.45, 2.75) is 13.0 Å². The van der Waals surface area contributed by atoms with Gasteiger partial charge in [0.05, 0.1) is 38.3 Å². The molecule has 3 fully saturated rings. The molecule has 0 saturated carbocycles. The molecule has 3 aliphatic rings. The molecule has 114 valence electrons. The lowest BCUT2D eigenvalue weighted by molar-refractivity contribution is -0.181. The van der Waals surface area contributed by atoms with Crippen molar-refractivity contribution in [3.8, 4) is 0 Å². The first-order chi connectivity index (χ1) is 10.3. The summed E-state index contributed by atoms with van der Waals surface area (Å²) in [6, 6.07) is 0. The zero-order valence-electron chi connectivity index (χ0n) is 11.9. The van der Waals surface area contributed by atoms with Crippen molar-refractivity contribution < 1.29 is 14.4 Å². The van der Waals surface area contributed by atoms with Crippen LogP contribution in [0.15, 0.2) is 11.6 Å². The normalized spacial score (nSPS) is 32.8. The van der Waals surface area contributed by atoms with E-state index < -0.39 is 5.41 Å². The molecule has 0 N–H and O–H groups in total. The van der Waals surface area contributed by atoms with E-state index in [4.69, 9.17) is 9.57 Å². The number of hydroxylamine groups is 2. The molecule has 1 aromatic heterocycles. The molecule has 1 amide bonds. The van der Waals surface area contributed by atoms with Gasteiger partial charge in [0.25, 0.3) is 5.91 Å². The van der Waals surface area contributed by atoms with Gasteiger partial charge in [0.2, 0.25) is 0 Å². The van der Waals surface area contributed by atoms with E-state index in [0.717, 1.165) is 31.1 Å². The van der Waals surface area contributed by atoms with Crippen LogP contribution in [0.1, 0.15) is 11.4 Å². The van der Waals surface area contributed by atoms with Crippen molar-refractivity contribution in [3.63, 3.8) is 0 Å². The van der Waals surface area contributed by atoms with Crippen molar-refractivity contribution in [2.24, 2.45) is 11.3 Å². The maximum Gasteiger partial charge on any atom is 0.256 e. The number of likely N-dealkylation sites (tertiary alicyclic amines) is 1. The fourth-order valence-electron chi connectivity index (χ4n) is 3.64. The summed E-state index contributed by atoms with van der Waals surface area (Å²) < 4.78 is 5.64. The van der Waals surface area contributed by atoms with Gasteiger partial charge in [0, 0.05) is 30.6 Å². The van der Waals surface area contributed by atoms with Gasteiger partial charge < -0.3 is 4.74 Å². The quantitative estimate of drug-likeness (QED) is 0.825. The number of carbonyl (C=O) groups excluding carboxylic acids is 1. The van der Waals surface area contributed by atoms with Crippen LogP contribution in [0.4, 0.5) is 0 Å². The summed E-state index contributed by atoms with van der Waals surface area (Å²) in [6.45, 7) is 5.02. The van der Waals surface area contributed by atoms with Gasteiger partial charge in [-0.15, -0.1) is 11.3 Å². The summed E-state index contributed by atoms with van der Waals surface area (Å²) in [5, 5.41) is 4.67. The highest BCUT2D eigenvalue weighted by Gasteiger charge is 2.57. The number of thiazole rings is 1. The molecule has 3 aliphatic heterocycles. The Morgan fingerprint density at radius 1 is 1.57 bits per heavy atom. The van der Waals surface area contributed by atoms with E-state index in [9.17, 15) is 4.79 Å². The van der Waals surface area contributed by atoms with E-state index >= 15 is 0 Å². The summed E-state index contributed by atoms with van der Waals surface area (Å²) in [5.74, 6) is 0.387. The third kappa shape index (κ3) is 2.28. The number of nitrogens with zero attached hydrogens (tertiary/aromatic N) is 3. The van der Waals surface area contributed by atoms with E-state index in [2.05, 4.69) is 9.88 Å². The molecule has 1 aromatic rings. The zero-order chi connectivity index (χ0) is 14.3. The zero-order valence-corrected chi connectivity index (χ0v) is 12.7. The van der Waals surface area contributed by atoms with Crippen LogP contribution >= 0.6 is 11.3 Å². The Morgan fingerprint density at radius 3 is 3.29 bits per heavy atom. The number of hydrogen-bond donors (Lipinski definition) is 0. The maximum absolute atomic E-state index is 12.9. The minimum atomic E-state index is -0.415. The third-order valence-electron chi connectivity index (χ3n) is 4.69. The van der Waals surface area contributed by atoms with E-state index in [-0.39, 0.29) is 11.8 Å². The highest BCUT2D eigenvalue weighted by atomic mass is 32.1. The van der Waals surface area contributed by atoms with Crippen LogP contribution in [0, 0.1) is 11.3 Å². The smallest absolute Gasteiger partial charge is 0.256 e. The van der Waals surface area contributed by atoms with Crippen molar-refractivity contribution in [3.05, 3.63) is 16.6 Å². The minimum Gasteiger partial charge on any atom is -0.380 e. The molecule has 3 saturated heterocycles. The number of rotatable bonds is 3. The molecule has 0 spiro atoms. The number of carbonyl (C=O) groups is 1. The van der Waals surface area contributed by atoms with E-state index in [0.29, 0.717) is 26.4 Å². The van der Waals surface area contributed by atoms with Crippen molar-refractivity contribution >= 4 is 17.2 Å². The van der Waals surface area contributed by atoms with Crippen molar-refractivity contribution in [2.75, 3.05) is 39.5 Å². The molecule has 21 heavy (non-hydrogen) atoms. The second-order valence-electron chi connectivity index (χ2n) is 6.06. The Labute approximate surface area is 127 Å². The number of ether oxygens (including phenoxy) is 1. The lowest BCUT2D eigenvalue weighted by atomic mass is 9.80. The molecule has 0 radical (unpaired) electrons. The average molecular weight is 309 g/mol. The standard InChI is InChI=1S/C14H19N3O3S/c18-13(17-3-1-4-20-17)14-9-16(6-11(14)8-19-10-14)7-12-15-2-5-21-12/h2,5,11H,1,3-4,6-10H2/t11-,14-/m0/s1. The van der Waals surface area contributed by atoms with Crippen molar-refractivity contribution in [1.29, 1.82) is 0 Å². The second-order valence-corrected chi connectivity index (χ2v) is 7.04. The Morgan fingerprint density at radius 2 is 2.52 bits per heavy atom. The summed E-state index contributed by atoms with van der Waals surface area (Å²) in [7, 11) is 0. The first-order valence-corrected chi connectivity index (χ1v) is 8.29. The molecule has 7 heteroatoms. The molecule has 2 atom stereocenters. The molecular formula is C14H19N3O3S. The van der Waals surface area contributed by atoms with Gasteiger partial charge in [-0.3, -0.25) is 14.5 Å². The number of amides is 1. The predicted molar refractivity (Wildman–Crippen MR) is 76.4 cm³/mol. The van der Waals surface area contributed by atoms with Crippen LogP contribution in [0.25, 0.3) is 0 Å². The number of fused-ring (bicyclic) bond motifs is 1. The predicted octanol–water partition coefficient (Wildman–Crippen LogP) is 0.755. The molecule has 0 bridgehead atoms. The fourth-order valence-corrected chi connectivity index (χ4v) is 4.30. The SMILES string of the molecule is O=C(N1CCCO1)[C@@]12COC[C@@H]1CN(Cc1nccs1)C2. The molecule has 6 nitrogen and oxygen atoms in total. The molecule has 0 aliphatic carbocycles. The van der Waals surface area contributed by atoms with E-state index in [1.165, 1.54) is 0 Å². The van der Waals surface area contributed by atoms with Crippen molar-refractivity contribution in [1.82, 2.24) is 14.9 Å². The molecular weight excluding hydrogens is 290 g/mol. The summed E-state index contributed by atoms with van der Waals surface area (Å²) in [5.41, 5.74) is -0.415. The van der Waals surface area contributed by atoms with Gasteiger partial charge in [-0.25, -0.2) is 10.0 Å². The molecule has 4 heterocycles. The van der Waals surface area contributed by atoms with Gasteiger partial charge in [-0.2, -0.15) is 0 Å². The number of hydrogen-bond acceptors (Lipinski definition) is 6. The van der Waals surface area contributed by atoms with Gasteiger partial charge in [-0.1, -0.05) is 0 Å². The first-order valence-electron chi connectivity index (χ1n) is 7.41. The van der Waals surface area contributed by atoms with Gasteiger partial charge in [-0.05, 0) is 6.42 Å². The fraction of sp³-hybridized carbons (Fsp3) is 0.714. The Bertz CT molecular complexity index is 518. The molecule has 4 rings (SSSR count). The summed E-state index contributed by atoms with van der Waals surface area (Å²) in [6.07, 6.45) is 2.76. The lowest BCUT2D eigenvalue weighted by Gasteiger charge is -2.29. The minimum absolute atomic E-state index is 0.115. The van der Waals surface area contributed by atoms with Crippen LogP contribution in [0.3, 0.4) is 0 Å². The number of aromatic nitrogens is 1. The third-order valence-corrected chi connectivity index (χ3v) is 5.46. The molecule has 0 unspecified atom stereocenters. The first kappa shape index (κ1) is 13.6. The Balaban J connectivity index is 1.51. The topological polar surface area (TPSA) is 54.9 Å². The largest absolute Gasteiger partial charge is 0.380 e. The van der Waals surface area contributed by atoms with Gasteiger partial charge >= 0.3 is 0 Å². The van der Waals surface area contributed by atoms with Crippen LogP contribution in [-0.4, -0.2) is 60.3 Å². The monoisotopic (exact) mass is 309 g/mol. The highest BCUT2D eigenvalue weighted by molar-refractivity contribution is 7.09. The van der Waals surface area contributed by atoms with Crippen LogP contribution in [-0.2, 0) is 20.9 Å².